The zero-order valence-corrected chi connectivity index (χ0v) is 12.3. The Morgan fingerprint density at radius 3 is 2.50 bits per heavy atom. The maximum absolute atomic E-state index is 14.1. The minimum Gasteiger partial charge on any atom is -0.491 e. The summed E-state index contributed by atoms with van der Waals surface area (Å²) < 4.78 is 68.7. The van der Waals surface area contributed by atoms with Gasteiger partial charge in [-0.3, -0.25) is 4.79 Å². The first-order valence-corrected chi connectivity index (χ1v) is 8.21. The highest BCUT2D eigenvalue weighted by atomic mass is 32.2. The second kappa shape index (κ2) is 4.87. The molecule has 2 saturated heterocycles. The summed E-state index contributed by atoms with van der Waals surface area (Å²) in [4.78, 5) is 13.5. The smallest absolute Gasteiger partial charge is 0.257 e. The summed E-state index contributed by atoms with van der Waals surface area (Å²) in [6.07, 6.45) is 0.288. The Hall–Kier alpha value is -1.77. The van der Waals surface area contributed by atoms with Gasteiger partial charge < -0.3 is 9.64 Å². The fraction of sp³-hybridized carbons (Fsp3) is 0.462. The molecule has 22 heavy (non-hydrogen) atoms. The third-order valence-electron chi connectivity index (χ3n) is 4.12. The molecule has 0 aliphatic carbocycles. The number of methoxy groups -OCH3 is 1. The molecular formula is C13H12F3NO4S. The summed E-state index contributed by atoms with van der Waals surface area (Å²) in [6, 6.07) is -0.0864. The Kier molecular flexibility index (Phi) is 3.35. The number of rotatable bonds is 2. The second-order valence-electron chi connectivity index (χ2n) is 5.37. The van der Waals surface area contributed by atoms with Gasteiger partial charge in [0.2, 0.25) is 5.82 Å². The maximum Gasteiger partial charge on any atom is 0.257 e. The van der Waals surface area contributed by atoms with Crippen LogP contribution < -0.4 is 4.74 Å². The normalized spacial score (nSPS) is 25.5. The third-order valence-corrected chi connectivity index (χ3v) is 6.33. The molecule has 2 aliphatic rings. The molecule has 9 heteroatoms. The number of benzene rings is 1. The molecule has 0 radical (unpaired) electrons. The van der Waals surface area contributed by atoms with E-state index in [1.54, 1.807) is 0 Å². The van der Waals surface area contributed by atoms with E-state index in [-0.39, 0.29) is 18.7 Å². The molecule has 2 fully saturated rings. The van der Waals surface area contributed by atoms with Gasteiger partial charge in [-0.15, -0.1) is 0 Å². The number of hydrogen-bond acceptors (Lipinski definition) is 4. The van der Waals surface area contributed by atoms with E-state index in [0.717, 1.165) is 7.11 Å². The van der Waals surface area contributed by atoms with Crippen LogP contribution in [-0.2, 0) is 9.84 Å². The number of halogens is 3. The van der Waals surface area contributed by atoms with Crippen LogP contribution in [-0.4, -0.2) is 49.9 Å². The predicted octanol–water partition coefficient (Wildman–Crippen LogP) is 1.12. The Labute approximate surface area is 124 Å². The fourth-order valence-electron chi connectivity index (χ4n) is 3.01. The molecule has 3 rings (SSSR count). The van der Waals surface area contributed by atoms with Crippen molar-refractivity contribution in [3.05, 3.63) is 29.1 Å². The molecule has 2 heterocycles. The minimum atomic E-state index is -3.22. The Morgan fingerprint density at radius 1 is 1.32 bits per heavy atom. The van der Waals surface area contributed by atoms with Crippen molar-refractivity contribution in [1.82, 2.24) is 4.90 Å². The van der Waals surface area contributed by atoms with Crippen molar-refractivity contribution >= 4 is 15.7 Å². The van der Waals surface area contributed by atoms with E-state index in [1.807, 2.05) is 0 Å². The van der Waals surface area contributed by atoms with Crippen LogP contribution in [0.15, 0.2) is 6.07 Å². The number of nitrogens with zero attached hydrogens (tertiary/aromatic N) is 1. The summed E-state index contributed by atoms with van der Waals surface area (Å²) in [5.74, 6) is -6.23. The first kappa shape index (κ1) is 15.1. The molecule has 1 aromatic carbocycles. The molecule has 2 bridgehead atoms. The van der Waals surface area contributed by atoms with E-state index < -0.39 is 55.8 Å². The van der Waals surface area contributed by atoms with E-state index >= 15 is 0 Å². The van der Waals surface area contributed by atoms with E-state index in [9.17, 15) is 26.4 Å². The van der Waals surface area contributed by atoms with Crippen LogP contribution in [0.5, 0.6) is 5.75 Å². The molecule has 1 aromatic rings. The molecule has 2 atom stereocenters. The minimum absolute atomic E-state index is 0.0629. The number of carbonyl (C=O) groups is 1. The van der Waals surface area contributed by atoms with E-state index in [1.165, 1.54) is 4.90 Å². The highest BCUT2D eigenvalue weighted by Gasteiger charge is 2.50. The summed E-state index contributed by atoms with van der Waals surface area (Å²) in [5.41, 5.74) is -0.666. The van der Waals surface area contributed by atoms with E-state index in [4.69, 9.17) is 0 Å². The zero-order chi connectivity index (χ0) is 16.2. The van der Waals surface area contributed by atoms with Gasteiger partial charge in [0.1, 0.15) is 0 Å². The Bertz CT molecular complexity index is 765. The summed E-state index contributed by atoms with van der Waals surface area (Å²) in [6.45, 7) is -0.0629. The maximum atomic E-state index is 14.1. The molecule has 0 aromatic heterocycles. The SMILES string of the molecule is COc1c(F)c(F)cc(C(=O)N2CC3CC2CS3(=O)=O)c1F. The largest absolute Gasteiger partial charge is 0.491 e. The molecule has 0 N–H and O–H groups in total. The van der Waals surface area contributed by atoms with Gasteiger partial charge in [0.05, 0.1) is 23.7 Å². The average Bonchev–Trinajstić information content (AvgIpc) is 2.98. The Morgan fingerprint density at radius 2 is 2.00 bits per heavy atom. The topological polar surface area (TPSA) is 63.7 Å². The van der Waals surface area contributed by atoms with Crippen molar-refractivity contribution in [2.45, 2.75) is 17.7 Å². The van der Waals surface area contributed by atoms with Gasteiger partial charge in [0.25, 0.3) is 5.91 Å². The third kappa shape index (κ3) is 2.06. The van der Waals surface area contributed by atoms with Crippen molar-refractivity contribution in [3.63, 3.8) is 0 Å². The molecule has 120 valence electrons. The molecular weight excluding hydrogens is 323 g/mol. The van der Waals surface area contributed by atoms with Crippen LogP contribution in [0.3, 0.4) is 0 Å². The van der Waals surface area contributed by atoms with Crippen LogP contribution in [0.1, 0.15) is 16.8 Å². The number of fused-ring (bicyclic) bond motifs is 2. The van der Waals surface area contributed by atoms with Crippen LogP contribution in [0.4, 0.5) is 13.2 Å². The van der Waals surface area contributed by atoms with Crippen molar-refractivity contribution in [1.29, 1.82) is 0 Å². The number of hydrogen-bond donors (Lipinski definition) is 0. The molecule has 2 unspecified atom stereocenters. The van der Waals surface area contributed by atoms with Crippen molar-refractivity contribution in [3.8, 4) is 5.75 Å². The molecule has 1 amide bonds. The second-order valence-corrected chi connectivity index (χ2v) is 7.69. The number of likely N-dealkylation sites (tertiary alicyclic amines) is 1. The number of carbonyl (C=O) groups excluding carboxylic acids is 1. The van der Waals surface area contributed by atoms with Gasteiger partial charge in [-0.25, -0.2) is 17.2 Å². The highest BCUT2D eigenvalue weighted by Crippen LogP contribution is 2.35. The molecule has 2 aliphatic heterocycles. The van der Waals surface area contributed by atoms with Crippen LogP contribution in [0, 0.1) is 17.5 Å². The highest BCUT2D eigenvalue weighted by molar-refractivity contribution is 7.92. The van der Waals surface area contributed by atoms with Gasteiger partial charge in [0.15, 0.2) is 27.2 Å². The van der Waals surface area contributed by atoms with Gasteiger partial charge in [0, 0.05) is 12.6 Å². The summed E-state index contributed by atoms with van der Waals surface area (Å²) in [5, 5.41) is -0.670. The number of amides is 1. The quantitative estimate of drug-likeness (QED) is 0.760. The van der Waals surface area contributed by atoms with Crippen molar-refractivity contribution in [2.24, 2.45) is 0 Å². The van der Waals surface area contributed by atoms with Crippen molar-refractivity contribution in [2.75, 3.05) is 19.4 Å². The molecule has 0 saturated carbocycles. The standard InChI is InChI=1S/C13H12F3NO4S/c1-21-12-10(15)8(3-9(14)11(12)16)13(18)17-4-7-2-6(17)5-22(7,19)20/h3,6-7H,2,4-5H2,1H3. The number of sulfone groups is 1. The monoisotopic (exact) mass is 335 g/mol. The van der Waals surface area contributed by atoms with Crippen LogP contribution >= 0.6 is 0 Å². The lowest BCUT2D eigenvalue weighted by Gasteiger charge is -2.27. The lowest BCUT2D eigenvalue weighted by atomic mass is 10.1. The van der Waals surface area contributed by atoms with Gasteiger partial charge in [-0.2, -0.15) is 4.39 Å². The first-order chi connectivity index (χ1) is 10.3. The summed E-state index contributed by atoms with van der Waals surface area (Å²) >= 11 is 0. The summed E-state index contributed by atoms with van der Waals surface area (Å²) in [7, 11) is -2.26. The number of ether oxygens (including phenoxy) is 1. The molecule has 0 spiro atoms. The Balaban J connectivity index is 1.97. The zero-order valence-electron chi connectivity index (χ0n) is 11.5. The fourth-order valence-corrected chi connectivity index (χ4v) is 5.04. The van der Waals surface area contributed by atoms with Crippen LogP contribution in [0.25, 0.3) is 0 Å². The average molecular weight is 335 g/mol. The predicted molar refractivity (Wildman–Crippen MR) is 69.9 cm³/mol. The van der Waals surface area contributed by atoms with Gasteiger partial charge in [-0.1, -0.05) is 0 Å². The lowest BCUT2D eigenvalue weighted by Crippen LogP contribution is -2.44. The van der Waals surface area contributed by atoms with E-state index in [0.29, 0.717) is 6.07 Å². The van der Waals surface area contributed by atoms with Gasteiger partial charge >= 0.3 is 0 Å². The lowest BCUT2D eigenvalue weighted by molar-refractivity contribution is 0.0739. The molecule has 5 nitrogen and oxygen atoms in total. The van der Waals surface area contributed by atoms with E-state index in [2.05, 4.69) is 4.74 Å². The van der Waals surface area contributed by atoms with Crippen LogP contribution in [0.2, 0.25) is 0 Å². The van der Waals surface area contributed by atoms with Gasteiger partial charge in [-0.05, 0) is 12.5 Å². The first-order valence-electron chi connectivity index (χ1n) is 6.50. The van der Waals surface area contributed by atoms with Crippen molar-refractivity contribution < 1.29 is 31.1 Å².